The highest BCUT2D eigenvalue weighted by Crippen LogP contribution is 2.22. The molecule has 0 saturated carbocycles. The number of fused-ring (bicyclic) bond motifs is 2. The molecule has 1 unspecified atom stereocenters. The maximum Gasteiger partial charge on any atom is 0.490 e. The van der Waals surface area contributed by atoms with Gasteiger partial charge in [0.05, 0.1) is 29.1 Å². The third-order valence-corrected chi connectivity index (χ3v) is 6.00. The summed E-state index contributed by atoms with van der Waals surface area (Å²) >= 11 is 6.02. The van der Waals surface area contributed by atoms with Crippen LogP contribution in [-0.4, -0.2) is 55.6 Å². The highest BCUT2D eigenvalue weighted by molar-refractivity contribution is 6.31. The molecule has 5 rings (SSSR count). The highest BCUT2D eigenvalue weighted by Gasteiger charge is 2.38. The zero-order valence-corrected chi connectivity index (χ0v) is 20.0. The molecule has 0 aliphatic carbocycles. The number of alkyl halides is 3. The van der Waals surface area contributed by atoms with Crippen molar-refractivity contribution in [3.05, 3.63) is 65.1 Å². The van der Waals surface area contributed by atoms with E-state index in [0.717, 1.165) is 39.7 Å². The van der Waals surface area contributed by atoms with E-state index in [1.54, 1.807) is 12.3 Å². The van der Waals surface area contributed by atoms with E-state index >= 15 is 0 Å². The van der Waals surface area contributed by atoms with Gasteiger partial charge in [-0.3, -0.25) is 15.1 Å². The van der Waals surface area contributed by atoms with E-state index in [4.69, 9.17) is 27.2 Å². The average molecular weight is 535 g/mol. The van der Waals surface area contributed by atoms with Crippen LogP contribution >= 0.6 is 11.6 Å². The lowest BCUT2D eigenvalue weighted by atomic mass is 10.1. The first kappa shape index (κ1) is 26.2. The molecule has 1 fully saturated rings. The van der Waals surface area contributed by atoms with Gasteiger partial charge in [-0.2, -0.15) is 13.2 Å². The fraction of sp³-hybridized carbons (Fsp3) is 0.250. The molecule has 1 aliphatic heterocycles. The summed E-state index contributed by atoms with van der Waals surface area (Å²) in [5.74, 6) is -1.86. The van der Waals surface area contributed by atoms with E-state index in [0.29, 0.717) is 30.3 Å². The van der Waals surface area contributed by atoms with Gasteiger partial charge < -0.3 is 20.7 Å². The Hall–Kier alpha value is -3.90. The first-order valence-electron chi connectivity index (χ1n) is 11.1. The number of amides is 1. The summed E-state index contributed by atoms with van der Waals surface area (Å²) in [6.07, 6.45) is -2.61. The van der Waals surface area contributed by atoms with E-state index < -0.39 is 12.1 Å². The number of nitrogen functional groups attached to an aromatic ring is 1. The number of aromatic amines is 1. The number of rotatable bonds is 5. The zero-order chi connectivity index (χ0) is 26.7. The first-order chi connectivity index (χ1) is 17.5. The molecule has 2 aromatic heterocycles. The number of anilines is 1. The molecule has 2 aromatic carbocycles. The van der Waals surface area contributed by atoms with Crippen molar-refractivity contribution in [2.45, 2.75) is 31.7 Å². The number of aromatic nitrogens is 3. The van der Waals surface area contributed by atoms with Crippen LogP contribution in [0.3, 0.4) is 0 Å². The predicted molar refractivity (Wildman–Crippen MR) is 132 cm³/mol. The molecule has 1 saturated heterocycles. The van der Waals surface area contributed by atoms with Crippen LogP contribution < -0.4 is 11.1 Å². The predicted octanol–water partition coefficient (Wildman–Crippen LogP) is 3.87. The van der Waals surface area contributed by atoms with E-state index in [1.807, 2.05) is 41.3 Å². The van der Waals surface area contributed by atoms with E-state index in [-0.39, 0.29) is 11.9 Å². The van der Waals surface area contributed by atoms with Crippen LogP contribution in [0.15, 0.2) is 48.7 Å². The SMILES string of the molecule is Nc1ccnc2cc(CN3CCC(NCc4nc5cc(Cl)ccc5[nH]4)C3=O)ccc12.O=C(O)C(F)(F)F. The molecular formula is C24H22ClF3N6O3. The van der Waals surface area contributed by atoms with Crippen LogP contribution in [0.1, 0.15) is 17.8 Å². The molecule has 1 atom stereocenters. The molecule has 3 heterocycles. The van der Waals surface area contributed by atoms with Crippen LogP contribution in [0, 0.1) is 0 Å². The van der Waals surface area contributed by atoms with Crippen LogP contribution in [-0.2, 0) is 22.7 Å². The molecule has 37 heavy (non-hydrogen) atoms. The minimum Gasteiger partial charge on any atom is -0.475 e. The Morgan fingerprint density at radius 3 is 2.70 bits per heavy atom. The van der Waals surface area contributed by atoms with Gasteiger partial charge in [-0.1, -0.05) is 23.7 Å². The summed E-state index contributed by atoms with van der Waals surface area (Å²) in [6.45, 7) is 1.77. The number of carbonyl (C=O) groups is 2. The third kappa shape index (κ3) is 6.27. The lowest BCUT2D eigenvalue weighted by Gasteiger charge is -2.17. The Morgan fingerprint density at radius 2 is 1.97 bits per heavy atom. The average Bonchev–Trinajstić information content (AvgIpc) is 3.40. The Morgan fingerprint density at radius 1 is 1.22 bits per heavy atom. The minimum absolute atomic E-state index is 0.106. The van der Waals surface area contributed by atoms with Crippen LogP contribution in [0.2, 0.25) is 5.02 Å². The van der Waals surface area contributed by atoms with E-state index in [1.165, 1.54) is 0 Å². The lowest BCUT2D eigenvalue weighted by molar-refractivity contribution is -0.192. The molecular weight excluding hydrogens is 513 g/mol. The van der Waals surface area contributed by atoms with E-state index in [9.17, 15) is 18.0 Å². The van der Waals surface area contributed by atoms with Crippen molar-refractivity contribution in [3.8, 4) is 0 Å². The molecule has 0 radical (unpaired) electrons. The number of carboxylic acid groups (broad SMARTS) is 1. The Bertz CT molecular complexity index is 1460. The zero-order valence-electron chi connectivity index (χ0n) is 19.2. The number of hydrogen-bond acceptors (Lipinski definition) is 6. The van der Waals surface area contributed by atoms with Gasteiger partial charge >= 0.3 is 12.1 Å². The Balaban J connectivity index is 0.000000405. The number of carboxylic acids is 1. The molecule has 5 N–H and O–H groups in total. The molecule has 1 amide bonds. The largest absolute Gasteiger partial charge is 0.490 e. The number of aliphatic carboxylic acids is 1. The molecule has 194 valence electrons. The number of likely N-dealkylation sites (tertiary alicyclic amines) is 1. The number of imidazole rings is 1. The van der Waals surface area contributed by atoms with Gasteiger partial charge in [0.25, 0.3) is 0 Å². The second-order valence-electron chi connectivity index (χ2n) is 8.38. The summed E-state index contributed by atoms with van der Waals surface area (Å²) in [6, 6.07) is 13.1. The summed E-state index contributed by atoms with van der Waals surface area (Å²) < 4.78 is 31.7. The van der Waals surface area contributed by atoms with Crippen LogP contribution in [0.4, 0.5) is 18.9 Å². The number of hydrogen-bond donors (Lipinski definition) is 4. The number of benzene rings is 2. The van der Waals surface area contributed by atoms with Gasteiger partial charge in [-0.25, -0.2) is 9.78 Å². The fourth-order valence-electron chi connectivity index (χ4n) is 3.96. The van der Waals surface area contributed by atoms with Crippen molar-refractivity contribution in [1.29, 1.82) is 0 Å². The third-order valence-electron chi connectivity index (χ3n) is 5.76. The molecule has 0 bridgehead atoms. The van der Waals surface area contributed by atoms with Crippen molar-refractivity contribution in [3.63, 3.8) is 0 Å². The van der Waals surface area contributed by atoms with E-state index in [2.05, 4.69) is 20.3 Å². The number of halogens is 4. The fourth-order valence-corrected chi connectivity index (χ4v) is 4.12. The van der Waals surface area contributed by atoms with Crippen molar-refractivity contribution >= 4 is 51.1 Å². The maximum atomic E-state index is 12.8. The Kier molecular flexibility index (Phi) is 7.50. The number of nitrogens with zero attached hydrogens (tertiary/aromatic N) is 3. The maximum absolute atomic E-state index is 12.8. The molecule has 4 aromatic rings. The Labute approximate surface area is 213 Å². The van der Waals surface area contributed by atoms with Gasteiger partial charge in [0.1, 0.15) is 5.82 Å². The number of nitrogens with two attached hydrogens (primary N) is 1. The molecule has 1 aliphatic rings. The second kappa shape index (κ2) is 10.6. The minimum atomic E-state index is -5.08. The summed E-state index contributed by atoms with van der Waals surface area (Å²) in [4.78, 5) is 35.8. The smallest absolute Gasteiger partial charge is 0.475 e. The van der Waals surface area contributed by atoms with Crippen molar-refractivity contribution < 1.29 is 27.9 Å². The van der Waals surface area contributed by atoms with Gasteiger partial charge in [0, 0.05) is 35.4 Å². The number of H-pyrrole nitrogens is 1. The number of nitrogens with one attached hydrogen (secondary N) is 2. The first-order valence-corrected chi connectivity index (χ1v) is 11.5. The number of carbonyl (C=O) groups excluding carboxylic acids is 1. The van der Waals surface area contributed by atoms with Crippen LogP contribution in [0.25, 0.3) is 21.9 Å². The monoisotopic (exact) mass is 534 g/mol. The van der Waals surface area contributed by atoms with Gasteiger partial charge in [0.15, 0.2) is 0 Å². The quantitative estimate of drug-likeness (QED) is 0.305. The lowest BCUT2D eigenvalue weighted by Crippen LogP contribution is -2.37. The highest BCUT2D eigenvalue weighted by atomic mass is 35.5. The van der Waals surface area contributed by atoms with Crippen molar-refractivity contribution in [1.82, 2.24) is 25.2 Å². The van der Waals surface area contributed by atoms with Gasteiger partial charge in [-0.05, 0) is 42.3 Å². The normalized spacial score (nSPS) is 15.7. The van der Waals surface area contributed by atoms with Gasteiger partial charge in [0.2, 0.25) is 5.91 Å². The summed E-state index contributed by atoms with van der Waals surface area (Å²) in [7, 11) is 0. The standard InChI is InChI=1S/C22H21ClN6O.C2HF3O2/c23-14-2-4-17-20(10-14)28-21(27-17)11-26-18-6-8-29(22(18)30)12-13-1-3-15-16(24)5-7-25-19(15)9-13;3-2(4,5)1(6)7/h1-5,7,9-10,18,26H,6,8,11-12H2,(H2,24,25)(H,27,28);(H,6,7). The van der Waals surface area contributed by atoms with Crippen molar-refractivity contribution in [2.75, 3.05) is 12.3 Å². The summed E-state index contributed by atoms with van der Waals surface area (Å²) in [5, 5.41) is 12.0. The van der Waals surface area contributed by atoms with Crippen molar-refractivity contribution in [2.24, 2.45) is 0 Å². The number of pyridine rings is 1. The van der Waals surface area contributed by atoms with Crippen LogP contribution in [0.5, 0.6) is 0 Å². The second-order valence-corrected chi connectivity index (χ2v) is 8.82. The molecule has 9 nitrogen and oxygen atoms in total. The molecule has 0 spiro atoms. The van der Waals surface area contributed by atoms with Gasteiger partial charge in [-0.15, -0.1) is 0 Å². The molecule has 13 heteroatoms. The summed E-state index contributed by atoms with van der Waals surface area (Å²) in [5.41, 5.74) is 10.4. The topological polar surface area (TPSA) is 137 Å².